The van der Waals surface area contributed by atoms with E-state index in [1.54, 1.807) is 12.1 Å². The summed E-state index contributed by atoms with van der Waals surface area (Å²) in [5, 5.41) is 0. The Morgan fingerprint density at radius 3 is 2.56 bits per heavy atom. The van der Waals surface area contributed by atoms with Crippen molar-refractivity contribution >= 4 is 11.8 Å². The summed E-state index contributed by atoms with van der Waals surface area (Å²) in [7, 11) is 0. The largest absolute Gasteiger partial charge is 0.427 e. The van der Waals surface area contributed by atoms with E-state index in [1.807, 2.05) is 12.1 Å². The highest BCUT2D eigenvalue weighted by molar-refractivity contribution is 5.93. The van der Waals surface area contributed by atoms with Crippen molar-refractivity contribution in [2.45, 2.75) is 32.6 Å². The molecule has 0 heterocycles. The van der Waals surface area contributed by atoms with E-state index in [2.05, 4.69) is 6.92 Å². The number of ketones is 1. The van der Waals surface area contributed by atoms with Gasteiger partial charge in [0.15, 0.2) is 5.78 Å². The first-order valence-electron chi connectivity index (χ1n) is 6.23. The highest BCUT2D eigenvalue weighted by atomic mass is 16.5. The van der Waals surface area contributed by atoms with Crippen molar-refractivity contribution in [2.24, 2.45) is 0 Å². The van der Waals surface area contributed by atoms with Crippen LogP contribution in [0.1, 0.15) is 42.1 Å². The first kappa shape index (κ1) is 12.6. The number of hydrogen-bond acceptors (Lipinski definition) is 3. The van der Waals surface area contributed by atoms with Gasteiger partial charge in [-0.15, -0.1) is 0 Å². The lowest BCUT2D eigenvalue weighted by Gasteiger charge is -2.12. The monoisotopic (exact) mass is 244 g/mol. The zero-order valence-corrected chi connectivity index (χ0v) is 10.4. The summed E-state index contributed by atoms with van der Waals surface area (Å²) < 4.78 is 5.22. The van der Waals surface area contributed by atoms with Gasteiger partial charge in [-0.1, -0.05) is 19.1 Å². The lowest BCUT2D eigenvalue weighted by Crippen LogP contribution is -2.10. The molecule has 18 heavy (non-hydrogen) atoms. The van der Waals surface area contributed by atoms with E-state index >= 15 is 0 Å². The van der Waals surface area contributed by atoms with Crippen molar-refractivity contribution in [3.8, 4) is 0 Å². The van der Waals surface area contributed by atoms with Gasteiger partial charge >= 0.3 is 5.97 Å². The molecule has 3 heteroatoms. The minimum Gasteiger partial charge on any atom is -0.427 e. The van der Waals surface area contributed by atoms with Gasteiger partial charge in [0.2, 0.25) is 0 Å². The van der Waals surface area contributed by atoms with Crippen LogP contribution in [0.2, 0.25) is 0 Å². The molecule has 1 aliphatic rings. The molecule has 0 amide bonds. The van der Waals surface area contributed by atoms with E-state index in [-0.39, 0.29) is 5.78 Å². The van der Waals surface area contributed by atoms with E-state index in [4.69, 9.17) is 4.74 Å². The standard InChI is InChI=1S/C15H16O3/c1-2-11-6-8-12(9-7-11)15(17)18-14-5-3-4-13(16)10-14/h6-10H,2-5H2,1H3. The van der Waals surface area contributed by atoms with Crippen LogP contribution in [-0.2, 0) is 16.0 Å². The molecule has 0 radical (unpaired) electrons. The number of carbonyl (C=O) groups excluding carboxylic acids is 2. The summed E-state index contributed by atoms with van der Waals surface area (Å²) in [6.07, 6.45) is 4.33. The third-order valence-corrected chi connectivity index (χ3v) is 2.99. The number of esters is 1. The summed E-state index contributed by atoms with van der Waals surface area (Å²) in [4.78, 5) is 23.1. The average Bonchev–Trinajstić information content (AvgIpc) is 2.39. The molecule has 3 nitrogen and oxygen atoms in total. The number of carbonyl (C=O) groups is 2. The molecule has 0 N–H and O–H groups in total. The van der Waals surface area contributed by atoms with Crippen LogP contribution in [0, 0.1) is 0 Å². The normalized spacial score (nSPS) is 15.2. The first-order chi connectivity index (χ1) is 8.69. The Labute approximate surface area is 106 Å². The molecule has 1 aliphatic carbocycles. The number of allylic oxidation sites excluding steroid dienone is 2. The Bertz CT molecular complexity index is 483. The molecule has 2 rings (SSSR count). The molecular weight excluding hydrogens is 228 g/mol. The van der Waals surface area contributed by atoms with Crippen LogP contribution in [0.25, 0.3) is 0 Å². The van der Waals surface area contributed by atoms with Crippen molar-refractivity contribution in [1.29, 1.82) is 0 Å². The van der Waals surface area contributed by atoms with E-state index in [0.29, 0.717) is 24.2 Å². The van der Waals surface area contributed by atoms with Crippen LogP contribution in [0.15, 0.2) is 36.1 Å². The first-order valence-corrected chi connectivity index (χ1v) is 6.23. The Morgan fingerprint density at radius 2 is 1.94 bits per heavy atom. The number of aryl methyl sites for hydroxylation is 1. The summed E-state index contributed by atoms with van der Waals surface area (Å²) in [5.41, 5.74) is 1.70. The van der Waals surface area contributed by atoms with Gasteiger partial charge in [-0.2, -0.15) is 0 Å². The minimum absolute atomic E-state index is 0.0328. The lowest BCUT2D eigenvalue weighted by atomic mass is 10.1. The summed E-state index contributed by atoms with van der Waals surface area (Å²) in [6, 6.07) is 7.34. The van der Waals surface area contributed by atoms with Gasteiger partial charge in [-0.3, -0.25) is 4.79 Å². The van der Waals surface area contributed by atoms with Gasteiger partial charge < -0.3 is 4.74 Å². The fourth-order valence-electron chi connectivity index (χ4n) is 1.90. The van der Waals surface area contributed by atoms with Crippen molar-refractivity contribution in [3.63, 3.8) is 0 Å². The molecule has 0 fully saturated rings. The molecule has 94 valence electrons. The highest BCUT2D eigenvalue weighted by Gasteiger charge is 2.15. The zero-order valence-electron chi connectivity index (χ0n) is 10.4. The van der Waals surface area contributed by atoms with Crippen LogP contribution < -0.4 is 0 Å². The maximum atomic E-state index is 11.8. The molecule has 0 unspecified atom stereocenters. The molecule has 0 saturated heterocycles. The van der Waals surface area contributed by atoms with Gasteiger partial charge in [0, 0.05) is 18.9 Å². The summed E-state index contributed by atoms with van der Waals surface area (Å²) >= 11 is 0. The second-order valence-electron chi connectivity index (χ2n) is 4.37. The maximum Gasteiger partial charge on any atom is 0.343 e. The van der Waals surface area contributed by atoms with Crippen molar-refractivity contribution < 1.29 is 14.3 Å². The van der Waals surface area contributed by atoms with Crippen molar-refractivity contribution in [3.05, 3.63) is 47.2 Å². The molecular formula is C15H16O3. The quantitative estimate of drug-likeness (QED) is 0.767. The smallest absolute Gasteiger partial charge is 0.343 e. The number of rotatable bonds is 3. The molecule has 1 aromatic carbocycles. The third-order valence-electron chi connectivity index (χ3n) is 2.99. The Morgan fingerprint density at radius 1 is 1.22 bits per heavy atom. The predicted octanol–water partition coefficient (Wildman–Crippen LogP) is 3.04. The topological polar surface area (TPSA) is 43.4 Å². The molecule has 1 aromatic rings. The Hall–Kier alpha value is -1.90. The van der Waals surface area contributed by atoms with Gasteiger partial charge in [-0.05, 0) is 30.5 Å². The van der Waals surface area contributed by atoms with Crippen molar-refractivity contribution in [2.75, 3.05) is 0 Å². The van der Waals surface area contributed by atoms with E-state index in [1.165, 1.54) is 11.6 Å². The van der Waals surface area contributed by atoms with Gasteiger partial charge in [0.25, 0.3) is 0 Å². The van der Waals surface area contributed by atoms with Crippen LogP contribution in [-0.4, -0.2) is 11.8 Å². The Kier molecular flexibility index (Phi) is 3.92. The highest BCUT2D eigenvalue weighted by Crippen LogP contribution is 2.18. The van der Waals surface area contributed by atoms with Crippen LogP contribution in [0.5, 0.6) is 0 Å². The molecule has 0 saturated carbocycles. The zero-order chi connectivity index (χ0) is 13.0. The average molecular weight is 244 g/mol. The number of ether oxygens (including phenoxy) is 1. The predicted molar refractivity (Wildman–Crippen MR) is 68.2 cm³/mol. The van der Waals surface area contributed by atoms with Crippen LogP contribution in [0.4, 0.5) is 0 Å². The maximum absolute atomic E-state index is 11.8. The van der Waals surface area contributed by atoms with Gasteiger partial charge in [0.1, 0.15) is 5.76 Å². The second kappa shape index (κ2) is 5.63. The van der Waals surface area contributed by atoms with Crippen LogP contribution >= 0.6 is 0 Å². The van der Waals surface area contributed by atoms with Gasteiger partial charge in [0.05, 0.1) is 5.56 Å². The number of benzene rings is 1. The number of hydrogen-bond donors (Lipinski definition) is 0. The summed E-state index contributed by atoms with van der Waals surface area (Å²) in [6.45, 7) is 2.06. The van der Waals surface area contributed by atoms with Crippen LogP contribution in [0.3, 0.4) is 0 Å². The summed E-state index contributed by atoms with van der Waals surface area (Å²) in [5.74, 6) is 0.125. The second-order valence-corrected chi connectivity index (χ2v) is 4.37. The fraction of sp³-hybridized carbons (Fsp3) is 0.333. The van der Waals surface area contributed by atoms with E-state index < -0.39 is 5.97 Å². The molecule has 0 aromatic heterocycles. The van der Waals surface area contributed by atoms with Gasteiger partial charge in [-0.25, -0.2) is 4.79 Å². The molecule has 0 bridgehead atoms. The SMILES string of the molecule is CCc1ccc(C(=O)OC2=CC(=O)CCC2)cc1. The fourth-order valence-corrected chi connectivity index (χ4v) is 1.90. The van der Waals surface area contributed by atoms with Crippen molar-refractivity contribution in [1.82, 2.24) is 0 Å². The third kappa shape index (κ3) is 3.06. The molecule has 0 aliphatic heterocycles. The molecule has 0 spiro atoms. The molecule has 0 atom stereocenters. The van der Waals surface area contributed by atoms with E-state index in [0.717, 1.165) is 12.8 Å². The lowest BCUT2D eigenvalue weighted by molar-refractivity contribution is -0.115. The minimum atomic E-state index is -0.390. The van der Waals surface area contributed by atoms with E-state index in [9.17, 15) is 9.59 Å². The Balaban J connectivity index is 2.05.